The molecule has 0 fully saturated rings. The van der Waals surface area contributed by atoms with Gasteiger partial charge in [0.2, 0.25) is 0 Å². The quantitative estimate of drug-likeness (QED) is 0.648. The first-order valence-electron chi connectivity index (χ1n) is 9.07. The predicted octanol–water partition coefficient (Wildman–Crippen LogP) is 3.59. The lowest BCUT2D eigenvalue weighted by Gasteiger charge is -2.17. The molecule has 0 aliphatic heterocycles. The number of hydrogen-bond donors (Lipinski definition) is 1. The highest BCUT2D eigenvalue weighted by Crippen LogP contribution is 2.18. The molecule has 0 saturated heterocycles. The molecule has 1 amide bonds. The van der Waals surface area contributed by atoms with E-state index < -0.39 is 5.97 Å². The van der Waals surface area contributed by atoms with Crippen LogP contribution in [0.1, 0.15) is 32.2 Å². The van der Waals surface area contributed by atoms with E-state index in [0.29, 0.717) is 29.4 Å². The first-order chi connectivity index (χ1) is 14.0. The third-order valence-corrected chi connectivity index (χ3v) is 4.24. The van der Waals surface area contributed by atoms with Crippen molar-refractivity contribution in [2.24, 2.45) is 0 Å². The van der Waals surface area contributed by atoms with Gasteiger partial charge in [-0.2, -0.15) is 0 Å². The Labute approximate surface area is 169 Å². The summed E-state index contributed by atoms with van der Waals surface area (Å²) in [7, 11) is 3.08. The molecule has 3 rings (SSSR count). The average Bonchev–Trinajstić information content (AvgIpc) is 2.73. The zero-order chi connectivity index (χ0) is 20.8. The van der Waals surface area contributed by atoms with Crippen LogP contribution < -0.4 is 5.32 Å². The maximum atomic E-state index is 12.8. The van der Waals surface area contributed by atoms with Crippen LogP contribution >= 0.6 is 0 Å². The van der Waals surface area contributed by atoms with E-state index in [1.165, 1.54) is 7.11 Å². The fourth-order valence-electron chi connectivity index (χ4n) is 2.82. The Hall–Kier alpha value is -3.74. The molecule has 0 aliphatic carbocycles. The van der Waals surface area contributed by atoms with Crippen molar-refractivity contribution in [2.75, 3.05) is 19.5 Å². The molecule has 2 aromatic carbocycles. The number of methoxy groups -OCH3 is 1. The van der Waals surface area contributed by atoms with Crippen molar-refractivity contribution in [3.05, 3.63) is 83.3 Å². The second-order valence-corrected chi connectivity index (χ2v) is 6.53. The number of ether oxygens (including phenoxy) is 1. The van der Waals surface area contributed by atoms with Gasteiger partial charge in [-0.3, -0.25) is 4.79 Å². The number of aromatic nitrogens is 2. The van der Waals surface area contributed by atoms with Crippen molar-refractivity contribution < 1.29 is 14.3 Å². The standard InChI is InChI=1S/C22H22N4O3/c1-15-23-19(21(27)26(2)14-16-7-5-4-6-8-16)13-20(24-15)25-18-11-9-17(10-12-18)22(28)29-3/h4-13H,14H2,1-3H3,(H,23,24,25). The summed E-state index contributed by atoms with van der Waals surface area (Å²) in [5.74, 6) is 0.393. The van der Waals surface area contributed by atoms with Gasteiger partial charge in [0.25, 0.3) is 5.91 Å². The van der Waals surface area contributed by atoms with Gasteiger partial charge in [0.05, 0.1) is 12.7 Å². The molecule has 0 atom stereocenters. The maximum absolute atomic E-state index is 12.8. The number of esters is 1. The molecule has 0 radical (unpaired) electrons. The molecule has 1 N–H and O–H groups in total. The molecule has 0 spiro atoms. The number of benzene rings is 2. The first-order valence-corrected chi connectivity index (χ1v) is 9.07. The molecule has 0 saturated carbocycles. The minimum Gasteiger partial charge on any atom is -0.465 e. The van der Waals surface area contributed by atoms with E-state index in [1.54, 1.807) is 49.2 Å². The van der Waals surface area contributed by atoms with E-state index in [4.69, 9.17) is 4.74 Å². The number of carbonyl (C=O) groups excluding carboxylic acids is 2. The van der Waals surface area contributed by atoms with Gasteiger partial charge >= 0.3 is 5.97 Å². The van der Waals surface area contributed by atoms with Crippen molar-refractivity contribution in [2.45, 2.75) is 13.5 Å². The third-order valence-electron chi connectivity index (χ3n) is 4.24. The number of nitrogens with one attached hydrogen (secondary N) is 1. The highest BCUT2D eigenvalue weighted by Gasteiger charge is 2.16. The number of nitrogens with zero attached hydrogens (tertiary/aromatic N) is 3. The van der Waals surface area contributed by atoms with E-state index in [9.17, 15) is 9.59 Å². The van der Waals surface area contributed by atoms with Crippen molar-refractivity contribution in [1.82, 2.24) is 14.9 Å². The summed E-state index contributed by atoms with van der Waals surface area (Å²) in [4.78, 5) is 34.6. The molecule has 1 aromatic heterocycles. The molecule has 7 heteroatoms. The molecule has 0 bridgehead atoms. The fraction of sp³-hybridized carbons (Fsp3) is 0.182. The minimum atomic E-state index is -0.399. The Balaban J connectivity index is 1.75. The molecular weight excluding hydrogens is 368 g/mol. The highest BCUT2D eigenvalue weighted by atomic mass is 16.5. The number of carbonyl (C=O) groups is 2. The van der Waals surface area contributed by atoms with Crippen molar-refractivity contribution in [1.29, 1.82) is 0 Å². The van der Waals surface area contributed by atoms with Gasteiger partial charge in [0.1, 0.15) is 17.3 Å². The summed E-state index contributed by atoms with van der Waals surface area (Å²) in [6, 6.07) is 18.2. The van der Waals surface area contributed by atoms with E-state index in [0.717, 1.165) is 11.3 Å². The number of aryl methyl sites for hydroxylation is 1. The number of hydrogen-bond acceptors (Lipinski definition) is 6. The van der Waals surface area contributed by atoms with Crippen LogP contribution in [0.3, 0.4) is 0 Å². The van der Waals surface area contributed by atoms with Crippen LogP contribution in [0.2, 0.25) is 0 Å². The Bertz CT molecular complexity index is 1000. The second kappa shape index (κ2) is 8.97. The Kier molecular flexibility index (Phi) is 6.19. The van der Waals surface area contributed by atoms with Crippen molar-refractivity contribution in [3.63, 3.8) is 0 Å². The van der Waals surface area contributed by atoms with Gasteiger partial charge in [-0.25, -0.2) is 14.8 Å². The van der Waals surface area contributed by atoms with Crippen LogP contribution in [0.25, 0.3) is 0 Å². The normalized spacial score (nSPS) is 10.3. The zero-order valence-corrected chi connectivity index (χ0v) is 16.5. The van der Waals surface area contributed by atoms with Gasteiger partial charge in [0.15, 0.2) is 0 Å². The molecule has 148 valence electrons. The van der Waals surface area contributed by atoms with E-state index in [-0.39, 0.29) is 5.91 Å². The van der Waals surface area contributed by atoms with Gasteiger partial charge in [-0.15, -0.1) is 0 Å². The smallest absolute Gasteiger partial charge is 0.337 e. The second-order valence-electron chi connectivity index (χ2n) is 6.53. The third kappa shape index (κ3) is 5.16. The SMILES string of the molecule is COC(=O)c1ccc(Nc2cc(C(=O)N(C)Cc3ccccc3)nc(C)n2)cc1. The summed E-state index contributed by atoms with van der Waals surface area (Å²) in [5, 5.41) is 3.14. The van der Waals surface area contributed by atoms with Crippen LogP contribution in [0, 0.1) is 6.92 Å². The van der Waals surface area contributed by atoms with Crippen LogP contribution in [0.15, 0.2) is 60.7 Å². The average molecular weight is 390 g/mol. The summed E-state index contributed by atoms with van der Waals surface area (Å²) in [5.41, 5.74) is 2.53. The lowest BCUT2D eigenvalue weighted by molar-refractivity contribution is 0.0600. The lowest BCUT2D eigenvalue weighted by Crippen LogP contribution is -2.27. The van der Waals surface area contributed by atoms with E-state index in [1.807, 2.05) is 30.3 Å². The summed E-state index contributed by atoms with van der Waals surface area (Å²) in [6.45, 7) is 2.22. The molecule has 29 heavy (non-hydrogen) atoms. The fourth-order valence-corrected chi connectivity index (χ4v) is 2.82. The molecule has 0 unspecified atom stereocenters. The largest absolute Gasteiger partial charge is 0.465 e. The van der Waals surface area contributed by atoms with Crippen molar-refractivity contribution >= 4 is 23.4 Å². The van der Waals surface area contributed by atoms with Crippen LogP contribution in [-0.2, 0) is 11.3 Å². The summed E-state index contributed by atoms with van der Waals surface area (Å²) in [6.07, 6.45) is 0. The zero-order valence-electron chi connectivity index (χ0n) is 16.5. The maximum Gasteiger partial charge on any atom is 0.337 e. The molecular formula is C22H22N4O3. The number of amides is 1. The van der Waals surface area contributed by atoms with Gasteiger partial charge in [0, 0.05) is 25.3 Å². The molecule has 7 nitrogen and oxygen atoms in total. The van der Waals surface area contributed by atoms with Crippen LogP contribution in [0.5, 0.6) is 0 Å². The number of anilines is 2. The highest BCUT2D eigenvalue weighted by molar-refractivity contribution is 5.93. The Morgan fingerprint density at radius 1 is 1.03 bits per heavy atom. The monoisotopic (exact) mass is 390 g/mol. The predicted molar refractivity (Wildman–Crippen MR) is 110 cm³/mol. The Morgan fingerprint density at radius 3 is 2.38 bits per heavy atom. The van der Waals surface area contributed by atoms with Gasteiger partial charge in [-0.1, -0.05) is 30.3 Å². The molecule has 3 aromatic rings. The first kappa shape index (κ1) is 20.0. The topological polar surface area (TPSA) is 84.4 Å². The van der Waals surface area contributed by atoms with E-state index in [2.05, 4.69) is 15.3 Å². The lowest BCUT2D eigenvalue weighted by atomic mass is 10.2. The molecule has 1 heterocycles. The minimum absolute atomic E-state index is 0.191. The van der Waals surface area contributed by atoms with Crippen LogP contribution in [0.4, 0.5) is 11.5 Å². The molecule has 0 aliphatic rings. The summed E-state index contributed by atoms with van der Waals surface area (Å²) < 4.78 is 4.70. The van der Waals surface area contributed by atoms with Gasteiger partial charge in [-0.05, 0) is 36.8 Å². The summed E-state index contributed by atoms with van der Waals surface area (Å²) >= 11 is 0. The number of rotatable bonds is 6. The van der Waals surface area contributed by atoms with Crippen molar-refractivity contribution in [3.8, 4) is 0 Å². The van der Waals surface area contributed by atoms with Gasteiger partial charge < -0.3 is 15.0 Å². The Morgan fingerprint density at radius 2 is 1.72 bits per heavy atom. The van der Waals surface area contributed by atoms with E-state index >= 15 is 0 Å². The van der Waals surface area contributed by atoms with Crippen LogP contribution in [-0.4, -0.2) is 40.9 Å².